The lowest BCUT2D eigenvalue weighted by Gasteiger charge is -2.04. The molecule has 1 rings (SSSR count). The lowest BCUT2D eigenvalue weighted by atomic mass is 10.1. The number of halogens is 1. The van der Waals surface area contributed by atoms with E-state index in [-0.39, 0.29) is 5.88 Å². The monoisotopic (exact) mass is 199 g/mol. The Labute approximate surface area is 82.3 Å². The Morgan fingerprint density at radius 2 is 2.29 bits per heavy atom. The van der Waals surface area contributed by atoms with Crippen LogP contribution >= 0.6 is 0 Å². The molecule has 1 heterocycles. The number of hydrogen-bond donors (Lipinski definition) is 1. The Balaban J connectivity index is 2.69. The first-order valence-electron chi connectivity index (χ1n) is 4.51. The third kappa shape index (κ3) is 2.92. The average Bonchev–Trinajstić information content (AvgIpc) is 2.16. The van der Waals surface area contributed by atoms with Crippen molar-refractivity contribution in [2.45, 2.75) is 26.7 Å². The van der Waals surface area contributed by atoms with Gasteiger partial charge in [0.15, 0.2) is 0 Å². The number of nitrogens with two attached hydrogens (primary N) is 1. The summed E-state index contributed by atoms with van der Waals surface area (Å²) in [5.41, 5.74) is 0. The topological polar surface area (TPSA) is 61.0 Å². The minimum Gasteiger partial charge on any atom is -0.388 e. The van der Waals surface area contributed by atoms with Gasteiger partial charge in [-0.2, -0.15) is 15.3 Å². The standard InChI is InChI=1S/C9H14FN3O/c1-6(2)3-4-8-12-5-7(10)9(13-8)14-11/h5-6H,3-4,11H2,1-2H3. The number of hydrogen-bond acceptors (Lipinski definition) is 4. The van der Waals surface area contributed by atoms with E-state index in [1.165, 1.54) is 0 Å². The van der Waals surface area contributed by atoms with Crippen LogP contribution in [-0.2, 0) is 6.42 Å². The van der Waals surface area contributed by atoms with Crippen LogP contribution in [0.15, 0.2) is 6.20 Å². The van der Waals surface area contributed by atoms with Crippen molar-refractivity contribution < 1.29 is 9.23 Å². The van der Waals surface area contributed by atoms with Crippen LogP contribution in [0.25, 0.3) is 0 Å². The first-order valence-corrected chi connectivity index (χ1v) is 4.51. The SMILES string of the molecule is CC(C)CCc1ncc(F)c(ON)n1. The molecule has 0 aliphatic carbocycles. The summed E-state index contributed by atoms with van der Waals surface area (Å²) in [5, 5.41) is 0. The van der Waals surface area contributed by atoms with Crippen molar-refractivity contribution in [1.29, 1.82) is 0 Å². The smallest absolute Gasteiger partial charge is 0.276 e. The Kier molecular flexibility index (Phi) is 3.76. The zero-order valence-electron chi connectivity index (χ0n) is 8.33. The van der Waals surface area contributed by atoms with Crippen LogP contribution in [0.5, 0.6) is 5.88 Å². The van der Waals surface area contributed by atoms with Gasteiger partial charge in [0.1, 0.15) is 5.82 Å². The molecule has 14 heavy (non-hydrogen) atoms. The van der Waals surface area contributed by atoms with Gasteiger partial charge in [0.25, 0.3) is 5.88 Å². The minimum atomic E-state index is -0.638. The number of rotatable bonds is 4. The molecule has 0 spiro atoms. The van der Waals surface area contributed by atoms with Crippen LogP contribution in [0.3, 0.4) is 0 Å². The molecule has 1 aromatic heterocycles. The van der Waals surface area contributed by atoms with E-state index >= 15 is 0 Å². The van der Waals surface area contributed by atoms with Crippen LogP contribution in [0.4, 0.5) is 4.39 Å². The molecular weight excluding hydrogens is 185 g/mol. The second kappa shape index (κ2) is 4.85. The molecule has 0 aliphatic rings. The van der Waals surface area contributed by atoms with Crippen molar-refractivity contribution >= 4 is 0 Å². The largest absolute Gasteiger partial charge is 0.388 e. The van der Waals surface area contributed by atoms with E-state index in [1.807, 2.05) is 0 Å². The molecule has 5 heteroatoms. The molecule has 1 aromatic rings. The molecule has 0 saturated carbocycles. The highest BCUT2D eigenvalue weighted by Gasteiger charge is 2.07. The highest BCUT2D eigenvalue weighted by molar-refractivity contribution is 5.11. The van der Waals surface area contributed by atoms with Gasteiger partial charge in [-0.1, -0.05) is 13.8 Å². The van der Waals surface area contributed by atoms with E-state index in [1.54, 1.807) is 0 Å². The molecule has 2 N–H and O–H groups in total. The van der Waals surface area contributed by atoms with Crippen LogP contribution in [0, 0.1) is 11.7 Å². The summed E-state index contributed by atoms with van der Waals surface area (Å²) < 4.78 is 12.8. The van der Waals surface area contributed by atoms with Crippen LogP contribution in [0.1, 0.15) is 26.1 Å². The zero-order chi connectivity index (χ0) is 10.6. The van der Waals surface area contributed by atoms with Crippen LogP contribution in [-0.4, -0.2) is 9.97 Å². The quantitative estimate of drug-likeness (QED) is 0.746. The van der Waals surface area contributed by atoms with Crippen LogP contribution < -0.4 is 10.7 Å². The van der Waals surface area contributed by atoms with Crippen molar-refractivity contribution in [2.75, 3.05) is 0 Å². The van der Waals surface area contributed by atoms with Gasteiger partial charge in [-0.15, -0.1) is 0 Å². The van der Waals surface area contributed by atoms with E-state index in [4.69, 9.17) is 5.90 Å². The number of nitrogens with zero attached hydrogens (tertiary/aromatic N) is 2. The highest BCUT2D eigenvalue weighted by atomic mass is 19.1. The minimum absolute atomic E-state index is 0.196. The fourth-order valence-electron chi connectivity index (χ4n) is 1.01. The molecule has 0 bridgehead atoms. The van der Waals surface area contributed by atoms with Crippen molar-refractivity contribution in [1.82, 2.24) is 9.97 Å². The molecule has 4 nitrogen and oxygen atoms in total. The molecule has 0 fully saturated rings. The Morgan fingerprint density at radius 3 is 2.86 bits per heavy atom. The maximum absolute atomic E-state index is 12.8. The van der Waals surface area contributed by atoms with E-state index < -0.39 is 5.82 Å². The summed E-state index contributed by atoms with van der Waals surface area (Å²) in [6.07, 6.45) is 2.73. The molecule has 0 unspecified atom stereocenters. The second-order valence-corrected chi connectivity index (χ2v) is 3.49. The molecule has 0 aliphatic heterocycles. The summed E-state index contributed by atoms with van der Waals surface area (Å²) in [6.45, 7) is 4.20. The summed E-state index contributed by atoms with van der Waals surface area (Å²) >= 11 is 0. The molecule has 78 valence electrons. The van der Waals surface area contributed by atoms with Gasteiger partial charge in [0.05, 0.1) is 6.20 Å². The van der Waals surface area contributed by atoms with Crippen LogP contribution in [0.2, 0.25) is 0 Å². The molecular formula is C9H14FN3O. The normalized spacial score (nSPS) is 10.6. The van der Waals surface area contributed by atoms with E-state index in [0.717, 1.165) is 12.6 Å². The summed E-state index contributed by atoms with van der Waals surface area (Å²) in [7, 11) is 0. The predicted molar refractivity (Wildman–Crippen MR) is 50.0 cm³/mol. The van der Waals surface area contributed by atoms with Gasteiger partial charge in [0, 0.05) is 6.42 Å². The van der Waals surface area contributed by atoms with Gasteiger partial charge < -0.3 is 4.84 Å². The van der Waals surface area contributed by atoms with Crippen molar-refractivity contribution in [3.05, 3.63) is 17.8 Å². The Hall–Kier alpha value is -1.23. The first-order chi connectivity index (χ1) is 6.63. The Morgan fingerprint density at radius 1 is 1.57 bits per heavy atom. The van der Waals surface area contributed by atoms with Gasteiger partial charge in [-0.05, 0) is 12.3 Å². The number of aryl methyl sites for hydroxylation is 1. The van der Waals surface area contributed by atoms with Gasteiger partial charge in [0.2, 0.25) is 5.82 Å². The lowest BCUT2D eigenvalue weighted by molar-refractivity contribution is 0.298. The first kappa shape index (κ1) is 10.8. The maximum Gasteiger partial charge on any atom is 0.276 e. The Bertz CT molecular complexity index is 304. The highest BCUT2D eigenvalue weighted by Crippen LogP contribution is 2.12. The summed E-state index contributed by atoms with van der Waals surface area (Å²) in [5.74, 6) is 5.13. The predicted octanol–water partition coefficient (Wildman–Crippen LogP) is 1.46. The van der Waals surface area contributed by atoms with Crippen molar-refractivity contribution in [3.8, 4) is 5.88 Å². The fraction of sp³-hybridized carbons (Fsp3) is 0.556. The van der Waals surface area contributed by atoms with E-state index in [0.29, 0.717) is 18.2 Å². The molecule has 0 atom stereocenters. The van der Waals surface area contributed by atoms with Gasteiger partial charge in [-0.3, -0.25) is 0 Å². The zero-order valence-corrected chi connectivity index (χ0v) is 8.33. The summed E-state index contributed by atoms with van der Waals surface area (Å²) in [4.78, 5) is 11.9. The molecule has 0 aromatic carbocycles. The van der Waals surface area contributed by atoms with Gasteiger partial charge in [-0.25, -0.2) is 4.98 Å². The summed E-state index contributed by atoms with van der Waals surface area (Å²) in [6, 6.07) is 0. The molecule has 0 radical (unpaired) electrons. The van der Waals surface area contributed by atoms with E-state index in [2.05, 4.69) is 28.7 Å². The van der Waals surface area contributed by atoms with Gasteiger partial charge >= 0.3 is 0 Å². The molecule has 0 amide bonds. The van der Waals surface area contributed by atoms with Crippen molar-refractivity contribution in [3.63, 3.8) is 0 Å². The maximum atomic E-state index is 12.8. The second-order valence-electron chi connectivity index (χ2n) is 3.49. The number of aromatic nitrogens is 2. The molecule has 0 saturated heterocycles. The van der Waals surface area contributed by atoms with Crippen molar-refractivity contribution in [2.24, 2.45) is 11.8 Å². The van der Waals surface area contributed by atoms with E-state index in [9.17, 15) is 4.39 Å². The average molecular weight is 199 g/mol. The third-order valence-corrected chi connectivity index (χ3v) is 1.82. The lowest BCUT2D eigenvalue weighted by Crippen LogP contribution is -2.09. The third-order valence-electron chi connectivity index (χ3n) is 1.82. The fourth-order valence-corrected chi connectivity index (χ4v) is 1.01.